The molecule has 3 heteroatoms. The number of hydrogen-bond donors (Lipinski definition) is 1. The van der Waals surface area contributed by atoms with E-state index in [9.17, 15) is 4.79 Å². The zero-order valence-electron chi connectivity index (χ0n) is 6.68. The van der Waals surface area contributed by atoms with E-state index in [1.54, 1.807) is 6.92 Å². The average Bonchev–Trinajstić information content (AvgIpc) is 2.15. The first-order valence-corrected chi connectivity index (χ1v) is 3.48. The molecular weight excluding hydrogens is 132 g/mol. The maximum Gasteiger partial charge on any atom is 0.308 e. The van der Waals surface area contributed by atoms with Gasteiger partial charge in [0, 0.05) is 0 Å². The van der Waals surface area contributed by atoms with Gasteiger partial charge in [-0.1, -0.05) is 13.8 Å². The molecule has 0 aliphatic carbocycles. The number of cyclic esters (lactones) is 1. The molecule has 0 saturated carbocycles. The molecule has 1 aliphatic rings. The molecular formula is C7H14O3. The predicted octanol–water partition coefficient (Wildman–Crippen LogP) is 0.711. The van der Waals surface area contributed by atoms with Crippen LogP contribution in [-0.4, -0.2) is 23.3 Å². The van der Waals surface area contributed by atoms with Gasteiger partial charge in [-0.15, -0.1) is 0 Å². The van der Waals surface area contributed by atoms with E-state index in [4.69, 9.17) is 5.11 Å². The minimum atomic E-state index is -0.906. The van der Waals surface area contributed by atoms with Crippen molar-refractivity contribution in [3.05, 3.63) is 0 Å². The van der Waals surface area contributed by atoms with Gasteiger partial charge in [-0.05, 0) is 6.92 Å². The predicted molar refractivity (Wildman–Crippen MR) is 37.5 cm³/mol. The lowest BCUT2D eigenvalue weighted by molar-refractivity contribution is -0.137. The first-order chi connectivity index (χ1) is 4.60. The number of esters is 1. The van der Waals surface area contributed by atoms with Crippen molar-refractivity contribution in [3.8, 4) is 0 Å². The molecule has 10 heavy (non-hydrogen) atoms. The van der Waals surface area contributed by atoms with E-state index in [2.05, 4.69) is 4.74 Å². The average molecular weight is 146 g/mol. The molecule has 1 aliphatic heterocycles. The Labute approximate surface area is 61.0 Å². The smallest absolute Gasteiger partial charge is 0.308 e. The minimum absolute atomic E-state index is 0.132. The van der Waals surface area contributed by atoms with Crippen molar-refractivity contribution in [2.45, 2.75) is 32.8 Å². The first kappa shape index (κ1) is 9.43. The number of aliphatic hydroxyl groups is 1. The van der Waals surface area contributed by atoms with Crippen molar-refractivity contribution in [3.63, 3.8) is 0 Å². The summed E-state index contributed by atoms with van der Waals surface area (Å²) in [5.74, 6) is -0.310. The standard InChI is InChI=1S/C5H8O3.C2H6/c1-5(7)2-4(6)8-3-5;1-2/h7H,2-3H2,1H3;1-2H3. The van der Waals surface area contributed by atoms with Gasteiger partial charge in [-0.25, -0.2) is 0 Å². The van der Waals surface area contributed by atoms with E-state index >= 15 is 0 Å². The molecule has 0 aromatic carbocycles. The summed E-state index contributed by atoms with van der Waals surface area (Å²) in [6, 6.07) is 0. The second-order valence-corrected chi connectivity index (χ2v) is 2.33. The molecule has 0 amide bonds. The van der Waals surface area contributed by atoms with Crippen molar-refractivity contribution in [2.75, 3.05) is 6.61 Å². The first-order valence-electron chi connectivity index (χ1n) is 3.48. The summed E-state index contributed by atoms with van der Waals surface area (Å²) in [6.07, 6.45) is 0.132. The molecule has 1 fully saturated rings. The molecule has 1 rings (SSSR count). The zero-order valence-corrected chi connectivity index (χ0v) is 6.68. The fourth-order valence-corrected chi connectivity index (χ4v) is 0.649. The van der Waals surface area contributed by atoms with Crippen molar-refractivity contribution in [2.24, 2.45) is 0 Å². The fourth-order valence-electron chi connectivity index (χ4n) is 0.649. The zero-order chi connectivity index (χ0) is 8.20. The van der Waals surface area contributed by atoms with E-state index in [0.717, 1.165) is 0 Å². The summed E-state index contributed by atoms with van der Waals surface area (Å²) < 4.78 is 4.48. The Morgan fingerprint density at radius 2 is 2.10 bits per heavy atom. The molecule has 3 nitrogen and oxygen atoms in total. The van der Waals surface area contributed by atoms with E-state index in [1.807, 2.05) is 13.8 Å². The van der Waals surface area contributed by atoms with Gasteiger partial charge in [0.25, 0.3) is 0 Å². The lowest BCUT2D eigenvalue weighted by Crippen LogP contribution is -2.23. The molecule has 1 atom stereocenters. The maximum atomic E-state index is 10.3. The molecule has 0 aromatic rings. The maximum absolute atomic E-state index is 10.3. The molecule has 0 aromatic heterocycles. The van der Waals surface area contributed by atoms with Gasteiger partial charge in [-0.2, -0.15) is 0 Å². The van der Waals surface area contributed by atoms with Gasteiger partial charge >= 0.3 is 5.97 Å². The lowest BCUT2D eigenvalue weighted by atomic mass is 10.1. The van der Waals surface area contributed by atoms with E-state index in [-0.39, 0.29) is 19.0 Å². The van der Waals surface area contributed by atoms with Crippen molar-refractivity contribution >= 4 is 5.97 Å². The highest BCUT2D eigenvalue weighted by Gasteiger charge is 2.33. The highest BCUT2D eigenvalue weighted by molar-refractivity contribution is 5.72. The minimum Gasteiger partial charge on any atom is -0.463 e. The largest absolute Gasteiger partial charge is 0.463 e. The Balaban J connectivity index is 0.000000371. The van der Waals surface area contributed by atoms with Gasteiger partial charge in [0.05, 0.1) is 6.42 Å². The summed E-state index contributed by atoms with van der Waals surface area (Å²) in [5, 5.41) is 9.02. The van der Waals surface area contributed by atoms with Crippen LogP contribution in [-0.2, 0) is 9.53 Å². The Hall–Kier alpha value is -0.570. The molecule has 1 unspecified atom stereocenters. The SMILES string of the molecule is CC.CC1(O)COC(=O)C1. The van der Waals surface area contributed by atoms with Crippen LogP contribution in [0.3, 0.4) is 0 Å². The van der Waals surface area contributed by atoms with Crippen LogP contribution in [0, 0.1) is 0 Å². The Bertz CT molecular complexity index is 118. The third kappa shape index (κ3) is 2.82. The van der Waals surface area contributed by atoms with E-state index < -0.39 is 5.60 Å². The molecule has 1 saturated heterocycles. The topological polar surface area (TPSA) is 46.5 Å². The second kappa shape index (κ2) is 3.56. The Kier molecular flexibility index (Phi) is 3.36. The normalized spacial score (nSPS) is 30.6. The highest BCUT2D eigenvalue weighted by Crippen LogP contribution is 2.17. The van der Waals surface area contributed by atoms with Gasteiger partial charge in [-0.3, -0.25) is 4.79 Å². The van der Waals surface area contributed by atoms with E-state index in [1.165, 1.54) is 0 Å². The Morgan fingerprint density at radius 3 is 2.20 bits per heavy atom. The van der Waals surface area contributed by atoms with Gasteiger partial charge < -0.3 is 9.84 Å². The van der Waals surface area contributed by atoms with Crippen molar-refractivity contribution in [1.82, 2.24) is 0 Å². The summed E-state index contributed by atoms with van der Waals surface area (Å²) in [6.45, 7) is 5.73. The second-order valence-electron chi connectivity index (χ2n) is 2.33. The third-order valence-electron chi connectivity index (χ3n) is 1.07. The third-order valence-corrected chi connectivity index (χ3v) is 1.07. The number of carbonyl (C=O) groups excluding carboxylic acids is 1. The van der Waals surface area contributed by atoms with Crippen LogP contribution >= 0.6 is 0 Å². The Morgan fingerprint density at radius 1 is 1.60 bits per heavy atom. The van der Waals surface area contributed by atoms with Crippen LogP contribution in [0.15, 0.2) is 0 Å². The van der Waals surface area contributed by atoms with Crippen LogP contribution < -0.4 is 0 Å². The summed E-state index contributed by atoms with van der Waals surface area (Å²) in [7, 11) is 0. The summed E-state index contributed by atoms with van der Waals surface area (Å²) in [4.78, 5) is 10.3. The van der Waals surface area contributed by atoms with Gasteiger partial charge in [0.2, 0.25) is 0 Å². The molecule has 0 spiro atoms. The fraction of sp³-hybridized carbons (Fsp3) is 0.857. The van der Waals surface area contributed by atoms with Crippen LogP contribution in [0.1, 0.15) is 27.2 Å². The number of hydrogen-bond acceptors (Lipinski definition) is 3. The molecule has 1 N–H and O–H groups in total. The van der Waals surface area contributed by atoms with Gasteiger partial charge in [0.15, 0.2) is 0 Å². The highest BCUT2D eigenvalue weighted by atomic mass is 16.6. The number of carbonyl (C=O) groups is 1. The van der Waals surface area contributed by atoms with Crippen LogP contribution in [0.25, 0.3) is 0 Å². The van der Waals surface area contributed by atoms with Crippen molar-refractivity contribution < 1.29 is 14.6 Å². The van der Waals surface area contributed by atoms with Crippen molar-refractivity contribution in [1.29, 1.82) is 0 Å². The molecule has 1 heterocycles. The quantitative estimate of drug-likeness (QED) is 0.512. The monoisotopic (exact) mass is 146 g/mol. The molecule has 60 valence electrons. The van der Waals surface area contributed by atoms with Crippen LogP contribution in [0.2, 0.25) is 0 Å². The van der Waals surface area contributed by atoms with Gasteiger partial charge in [0.1, 0.15) is 12.2 Å². The summed E-state index contributed by atoms with van der Waals surface area (Å²) in [5.41, 5.74) is -0.906. The lowest BCUT2D eigenvalue weighted by Gasteiger charge is -2.08. The number of ether oxygens (including phenoxy) is 1. The molecule has 0 radical (unpaired) electrons. The van der Waals surface area contributed by atoms with Crippen LogP contribution in [0.5, 0.6) is 0 Å². The number of rotatable bonds is 0. The molecule has 0 bridgehead atoms. The van der Waals surface area contributed by atoms with E-state index in [0.29, 0.717) is 0 Å². The van der Waals surface area contributed by atoms with Crippen LogP contribution in [0.4, 0.5) is 0 Å². The summed E-state index contributed by atoms with van der Waals surface area (Å²) >= 11 is 0.